The number of anilines is 1. The molecule has 0 spiro atoms. The van der Waals surface area contributed by atoms with Crippen LogP contribution in [0.3, 0.4) is 0 Å². The molecule has 1 aromatic rings. The van der Waals surface area contributed by atoms with Crippen LogP contribution in [-0.2, 0) is 9.53 Å². The van der Waals surface area contributed by atoms with Crippen LogP contribution in [0.2, 0.25) is 0 Å². The molecular weight excluding hydrogens is 264 g/mol. The lowest BCUT2D eigenvalue weighted by molar-refractivity contribution is -0.121. The molecule has 20 heavy (non-hydrogen) atoms. The molecule has 1 unspecified atom stereocenters. The van der Waals surface area contributed by atoms with E-state index in [4.69, 9.17) is 20.3 Å². The maximum atomic E-state index is 12.1. The van der Waals surface area contributed by atoms with E-state index in [0.29, 0.717) is 18.8 Å². The molecular formula is C13H16N2O5. The van der Waals surface area contributed by atoms with Crippen molar-refractivity contribution in [2.45, 2.75) is 12.0 Å². The van der Waals surface area contributed by atoms with Crippen LogP contribution < -0.4 is 15.8 Å². The number of rotatable bonds is 4. The number of amides is 1. The number of hydrogen-bond acceptors (Lipinski definition) is 5. The average molecular weight is 280 g/mol. The molecule has 1 atom stereocenters. The number of carboxylic acid groups (broad SMARTS) is 1. The lowest BCUT2D eigenvalue weighted by Crippen LogP contribution is -2.51. The smallest absolute Gasteiger partial charge is 0.337 e. The van der Waals surface area contributed by atoms with E-state index in [2.05, 4.69) is 5.32 Å². The zero-order chi connectivity index (χ0) is 14.8. The first-order chi connectivity index (χ1) is 9.46. The van der Waals surface area contributed by atoms with Gasteiger partial charge in [0.25, 0.3) is 0 Å². The Kier molecular flexibility index (Phi) is 3.91. The third-order valence-electron chi connectivity index (χ3n) is 3.21. The van der Waals surface area contributed by atoms with Crippen molar-refractivity contribution in [1.82, 2.24) is 0 Å². The van der Waals surface area contributed by atoms with Crippen LogP contribution in [0, 0.1) is 0 Å². The van der Waals surface area contributed by atoms with Crippen molar-refractivity contribution in [1.29, 1.82) is 0 Å². The number of carboxylic acids is 1. The maximum absolute atomic E-state index is 12.1. The molecule has 1 aliphatic heterocycles. The van der Waals surface area contributed by atoms with Crippen molar-refractivity contribution in [2.24, 2.45) is 5.73 Å². The molecule has 2 rings (SSSR count). The molecule has 1 heterocycles. The number of methoxy groups -OCH3 is 1. The Morgan fingerprint density at radius 2 is 2.25 bits per heavy atom. The third kappa shape index (κ3) is 2.73. The lowest BCUT2D eigenvalue weighted by atomic mass is 9.99. The number of aromatic carboxylic acids is 1. The van der Waals surface area contributed by atoms with Gasteiger partial charge < -0.3 is 25.6 Å². The zero-order valence-electron chi connectivity index (χ0n) is 11.0. The van der Waals surface area contributed by atoms with Crippen molar-refractivity contribution < 1.29 is 24.2 Å². The molecule has 1 aliphatic rings. The predicted molar refractivity (Wildman–Crippen MR) is 70.9 cm³/mol. The fourth-order valence-corrected chi connectivity index (χ4v) is 1.94. The molecule has 108 valence electrons. The normalized spacial score (nSPS) is 21.5. The molecule has 0 radical (unpaired) electrons. The predicted octanol–water partition coefficient (Wildman–Crippen LogP) is 0.450. The van der Waals surface area contributed by atoms with Gasteiger partial charge in [-0.15, -0.1) is 0 Å². The summed E-state index contributed by atoms with van der Waals surface area (Å²) < 4.78 is 10.1. The van der Waals surface area contributed by atoms with Crippen molar-refractivity contribution in [3.63, 3.8) is 0 Å². The average Bonchev–Trinajstić information content (AvgIpc) is 2.87. The summed E-state index contributed by atoms with van der Waals surface area (Å²) in [5.74, 6) is -1.22. The Hall–Kier alpha value is -2.12. The number of benzene rings is 1. The Balaban J connectivity index is 2.24. The van der Waals surface area contributed by atoms with E-state index in [9.17, 15) is 9.59 Å². The van der Waals surface area contributed by atoms with E-state index < -0.39 is 17.4 Å². The van der Waals surface area contributed by atoms with Gasteiger partial charge in [-0.3, -0.25) is 4.79 Å². The number of nitrogens with one attached hydrogen (secondary N) is 1. The Morgan fingerprint density at radius 1 is 1.50 bits per heavy atom. The highest BCUT2D eigenvalue weighted by Gasteiger charge is 2.38. The Morgan fingerprint density at radius 3 is 2.80 bits per heavy atom. The van der Waals surface area contributed by atoms with Gasteiger partial charge in [0.15, 0.2) is 0 Å². The van der Waals surface area contributed by atoms with Gasteiger partial charge in [0.2, 0.25) is 5.91 Å². The summed E-state index contributed by atoms with van der Waals surface area (Å²) in [7, 11) is 1.43. The minimum atomic E-state index is -1.16. The van der Waals surface area contributed by atoms with Crippen molar-refractivity contribution in [3.8, 4) is 5.75 Å². The molecule has 4 N–H and O–H groups in total. The molecule has 1 saturated heterocycles. The summed E-state index contributed by atoms with van der Waals surface area (Å²) >= 11 is 0. The lowest BCUT2D eigenvalue weighted by Gasteiger charge is -2.21. The minimum absolute atomic E-state index is 0.0554. The zero-order valence-corrected chi connectivity index (χ0v) is 11.0. The number of nitrogens with two attached hydrogens (primary N) is 1. The number of carbonyl (C=O) groups excluding carboxylic acids is 1. The van der Waals surface area contributed by atoms with Gasteiger partial charge in [0.1, 0.15) is 11.3 Å². The topological polar surface area (TPSA) is 111 Å². The summed E-state index contributed by atoms with van der Waals surface area (Å²) in [6.07, 6.45) is 0.400. The van der Waals surface area contributed by atoms with Crippen LogP contribution in [-0.4, -0.2) is 42.8 Å². The third-order valence-corrected chi connectivity index (χ3v) is 3.21. The maximum Gasteiger partial charge on any atom is 0.337 e. The van der Waals surface area contributed by atoms with E-state index in [-0.39, 0.29) is 17.9 Å². The first-order valence-corrected chi connectivity index (χ1v) is 6.06. The fraction of sp³-hybridized carbons (Fsp3) is 0.385. The van der Waals surface area contributed by atoms with Crippen LogP contribution in [0.15, 0.2) is 18.2 Å². The summed E-state index contributed by atoms with van der Waals surface area (Å²) in [6, 6.07) is 4.38. The first-order valence-electron chi connectivity index (χ1n) is 6.06. The van der Waals surface area contributed by atoms with E-state index in [1.807, 2.05) is 0 Å². The molecule has 7 heteroatoms. The van der Waals surface area contributed by atoms with Crippen LogP contribution >= 0.6 is 0 Å². The van der Waals surface area contributed by atoms with Crippen LogP contribution in [0.1, 0.15) is 16.8 Å². The van der Waals surface area contributed by atoms with Crippen molar-refractivity contribution in [2.75, 3.05) is 25.6 Å². The number of ether oxygens (including phenoxy) is 2. The Bertz CT molecular complexity index is 538. The van der Waals surface area contributed by atoms with E-state index in [0.717, 1.165) is 0 Å². The monoisotopic (exact) mass is 280 g/mol. The van der Waals surface area contributed by atoms with Crippen LogP contribution in [0.4, 0.5) is 5.69 Å². The standard InChI is InChI=1S/C13H16N2O5/c1-19-8-2-3-10(9(6-8)11(16)17)15-12(18)13(14)4-5-20-7-13/h2-3,6H,4-5,7,14H2,1H3,(H,15,18)(H,16,17). The van der Waals surface area contributed by atoms with Gasteiger partial charge in [-0.25, -0.2) is 4.79 Å². The molecule has 0 aromatic heterocycles. The highest BCUT2D eigenvalue weighted by molar-refractivity contribution is 6.04. The van der Waals surface area contributed by atoms with Gasteiger partial charge in [0.05, 0.1) is 25.0 Å². The highest BCUT2D eigenvalue weighted by Crippen LogP contribution is 2.24. The molecule has 1 aromatic carbocycles. The van der Waals surface area contributed by atoms with E-state index >= 15 is 0 Å². The molecule has 0 bridgehead atoms. The molecule has 1 fully saturated rings. The van der Waals surface area contributed by atoms with Crippen LogP contribution in [0.25, 0.3) is 0 Å². The van der Waals surface area contributed by atoms with Gasteiger partial charge in [-0.1, -0.05) is 0 Å². The summed E-state index contributed by atoms with van der Waals surface area (Å²) in [5.41, 5.74) is 4.93. The minimum Gasteiger partial charge on any atom is -0.497 e. The second-order valence-corrected chi connectivity index (χ2v) is 4.63. The second-order valence-electron chi connectivity index (χ2n) is 4.63. The summed E-state index contributed by atoms with van der Waals surface area (Å²) in [6.45, 7) is 0.537. The largest absolute Gasteiger partial charge is 0.497 e. The quantitative estimate of drug-likeness (QED) is 0.738. The molecule has 0 aliphatic carbocycles. The van der Waals surface area contributed by atoms with E-state index in [1.54, 1.807) is 6.07 Å². The molecule has 1 amide bonds. The molecule has 7 nitrogen and oxygen atoms in total. The SMILES string of the molecule is COc1ccc(NC(=O)C2(N)CCOC2)c(C(=O)O)c1. The van der Waals surface area contributed by atoms with Crippen molar-refractivity contribution in [3.05, 3.63) is 23.8 Å². The molecule has 0 saturated carbocycles. The Labute approximate surface area is 115 Å². The van der Waals surface area contributed by atoms with Gasteiger partial charge >= 0.3 is 5.97 Å². The van der Waals surface area contributed by atoms with Crippen LogP contribution in [0.5, 0.6) is 5.75 Å². The van der Waals surface area contributed by atoms with Gasteiger partial charge in [-0.2, -0.15) is 0 Å². The summed E-state index contributed by atoms with van der Waals surface area (Å²) in [5, 5.41) is 11.7. The fourth-order valence-electron chi connectivity index (χ4n) is 1.94. The van der Waals surface area contributed by atoms with E-state index in [1.165, 1.54) is 19.2 Å². The van der Waals surface area contributed by atoms with Gasteiger partial charge in [0, 0.05) is 6.61 Å². The first kappa shape index (κ1) is 14.3. The summed E-state index contributed by atoms with van der Waals surface area (Å²) in [4.78, 5) is 23.3. The highest BCUT2D eigenvalue weighted by atomic mass is 16.5. The second kappa shape index (κ2) is 5.48. The number of hydrogen-bond donors (Lipinski definition) is 3. The van der Waals surface area contributed by atoms with Gasteiger partial charge in [-0.05, 0) is 24.6 Å². The van der Waals surface area contributed by atoms with Crippen molar-refractivity contribution >= 4 is 17.6 Å². The number of carbonyl (C=O) groups is 2.